The van der Waals surface area contributed by atoms with Crippen LogP contribution in [0.15, 0.2) is 66.2 Å². The maximum Gasteiger partial charge on any atom is 0.232 e. The average Bonchev–Trinajstić information content (AvgIpc) is 3.26. The molecule has 2 aromatic carbocycles. The van der Waals surface area contributed by atoms with Crippen molar-refractivity contribution in [1.29, 1.82) is 0 Å². The SMILES string of the molecule is CCN(C(=O)Cc1csc2nc(-c3ccc(F)cc3)cn12)c1ccccc1. The molecule has 0 saturated heterocycles. The Morgan fingerprint density at radius 1 is 1.15 bits per heavy atom. The van der Waals surface area contributed by atoms with Gasteiger partial charge in [-0.15, -0.1) is 11.3 Å². The smallest absolute Gasteiger partial charge is 0.232 e. The molecule has 4 aromatic rings. The Bertz CT molecular complexity index is 1070. The van der Waals surface area contributed by atoms with Crippen molar-refractivity contribution in [3.8, 4) is 11.3 Å². The minimum atomic E-state index is -0.272. The largest absolute Gasteiger partial charge is 0.312 e. The first-order valence-corrected chi connectivity index (χ1v) is 9.60. The Labute approximate surface area is 160 Å². The number of carbonyl (C=O) groups excluding carboxylic acids is 1. The number of carbonyl (C=O) groups is 1. The molecule has 0 unspecified atom stereocenters. The lowest BCUT2D eigenvalue weighted by Gasteiger charge is -2.20. The molecule has 0 N–H and O–H groups in total. The number of anilines is 1. The molecule has 4 nitrogen and oxygen atoms in total. The number of amides is 1. The van der Waals surface area contributed by atoms with E-state index in [1.807, 2.05) is 53.2 Å². The molecular weight excluding hydrogens is 361 g/mol. The zero-order valence-corrected chi connectivity index (χ0v) is 15.6. The van der Waals surface area contributed by atoms with E-state index in [1.54, 1.807) is 17.0 Å². The molecule has 0 aliphatic carbocycles. The van der Waals surface area contributed by atoms with E-state index in [-0.39, 0.29) is 11.7 Å². The van der Waals surface area contributed by atoms with E-state index >= 15 is 0 Å². The molecule has 0 aliphatic rings. The van der Waals surface area contributed by atoms with Crippen LogP contribution >= 0.6 is 11.3 Å². The quantitative estimate of drug-likeness (QED) is 0.500. The van der Waals surface area contributed by atoms with Gasteiger partial charge in [0.25, 0.3) is 0 Å². The van der Waals surface area contributed by atoms with Crippen LogP contribution in [-0.4, -0.2) is 21.8 Å². The first kappa shape index (κ1) is 17.4. The number of likely N-dealkylation sites (N-methyl/N-ethyl adjacent to an activating group) is 1. The van der Waals surface area contributed by atoms with Crippen LogP contribution in [0.2, 0.25) is 0 Å². The standard InChI is InChI=1S/C21H18FN3OS/c1-2-24(17-6-4-3-5-7-17)20(26)12-18-14-27-21-23-19(13-25(18)21)15-8-10-16(22)11-9-15/h3-11,13-14H,2,12H2,1H3. The summed E-state index contributed by atoms with van der Waals surface area (Å²) in [6.45, 7) is 2.58. The molecule has 136 valence electrons. The van der Waals surface area contributed by atoms with Gasteiger partial charge in [0.05, 0.1) is 12.1 Å². The van der Waals surface area contributed by atoms with Crippen LogP contribution < -0.4 is 4.90 Å². The summed E-state index contributed by atoms with van der Waals surface area (Å²) >= 11 is 1.50. The molecule has 2 aromatic heterocycles. The van der Waals surface area contributed by atoms with E-state index in [1.165, 1.54) is 23.5 Å². The Morgan fingerprint density at radius 3 is 2.59 bits per heavy atom. The van der Waals surface area contributed by atoms with Crippen molar-refractivity contribution in [3.05, 3.63) is 77.7 Å². The third-order valence-electron chi connectivity index (χ3n) is 4.44. The van der Waals surface area contributed by atoms with E-state index in [2.05, 4.69) is 4.98 Å². The molecule has 1 amide bonds. The van der Waals surface area contributed by atoms with E-state index in [0.29, 0.717) is 13.0 Å². The van der Waals surface area contributed by atoms with E-state index in [0.717, 1.165) is 27.6 Å². The van der Waals surface area contributed by atoms with Gasteiger partial charge in [-0.2, -0.15) is 0 Å². The molecular formula is C21H18FN3OS. The number of hydrogen-bond donors (Lipinski definition) is 0. The van der Waals surface area contributed by atoms with Crippen LogP contribution in [0.1, 0.15) is 12.6 Å². The number of thiazole rings is 1. The molecule has 4 rings (SSSR count). The summed E-state index contributed by atoms with van der Waals surface area (Å²) in [5.41, 5.74) is 3.42. The van der Waals surface area contributed by atoms with Crippen LogP contribution in [0.25, 0.3) is 16.2 Å². The molecule has 0 atom stereocenters. The molecule has 6 heteroatoms. The van der Waals surface area contributed by atoms with E-state index in [9.17, 15) is 9.18 Å². The third-order valence-corrected chi connectivity index (χ3v) is 5.33. The lowest BCUT2D eigenvalue weighted by molar-refractivity contribution is -0.118. The lowest BCUT2D eigenvalue weighted by Crippen LogP contribution is -2.32. The molecule has 0 spiro atoms. The number of imidazole rings is 1. The monoisotopic (exact) mass is 379 g/mol. The first-order chi connectivity index (χ1) is 13.2. The fraction of sp³-hybridized carbons (Fsp3) is 0.143. The van der Waals surface area contributed by atoms with Gasteiger partial charge in [-0.25, -0.2) is 9.37 Å². The maximum absolute atomic E-state index is 13.1. The Morgan fingerprint density at radius 2 is 1.89 bits per heavy atom. The Balaban J connectivity index is 1.60. The van der Waals surface area contributed by atoms with Crippen molar-refractivity contribution >= 4 is 27.9 Å². The lowest BCUT2D eigenvalue weighted by atomic mass is 10.2. The number of hydrogen-bond acceptors (Lipinski definition) is 3. The zero-order chi connectivity index (χ0) is 18.8. The highest BCUT2D eigenvalue weighted by Gasteiger charge is 2.17. The van der Waals surface area contributed by atoms with Crippen molar-refractivity contribution in [3.63, 3.8) is 0 Å². The van der Waals surface area contributed by atoms with Gasteiger partial charge in [-0.1, -0.05) is 18.2 Å². The highest BCUT2D eigenvalue weighted by Crippen LogP contribution is 2.25. The van der Waals surface area contributed by atoms with Crippen LogP contribution in [0.3, 0.4) is 0 Å². The second-order valence-electron chi connectivity index (χ2n) is 6.16. The first-order valence-electron chi connectivity index (χ1n) is 8.72. The number of aromatic nitrogens is 2. The third kappa shape index (κ3) is 3.48. The normalized spacial score (nSPS) is 11.0. The fourth-order valence-electron chi connectivity index (χ4n) is 3.08. The summed E-state index contributed by atoms with van der Waals surface area (Å²) in [5.74, 6) is -0.230. The van der Waals surface area contributed by atoms with Crippen LogP contribution in [0.5, 0.6) is 0 Å². The van der Waals surface area contributed by atoms with Crippen LogP contribution in [0, 0.1) is 5.82 Å². The van der Waals surface area contributed by atoms with Gasteiger partial charge in [0.15, 0.2) is 4.96 Å². The molecule has 27 heavy (non-hydrogen) atoms. The summed E-state index contributed by atoms with van der Waals surface area (Å²) < 4.78 is 15.1. The number of rotatable bonds is 5. The summed E-state index contributed by atoms with van der Waals surface area (Å²) in [4.78, 5) is 20.1. The second-order valence-corrected chi connectivity index (χ2v) is 7.00. The predicted octanol–water partition coefficient (Wildman–Crippen LogP) is 4.80. The van der Waals surface area contributed by atoms with Crippen molar-refractivity contribution in [2.24, 2.45) is 0 Å². The minimum Gasteiger partial charge on any atom is -0.312 e. The van der Waals surface area contributed by atoms with Gasteiger partial charge in [0.2, 0.25) is 5.91 Å². The molecule has 0 aliphatic heterocycles. The highest BCUT2D eigenvalue weighted by molar-refractivity contribution is 7.15. The summed E-state index contributed by atoms with van der Waals surface area (Å²) in [6, 6.07) is 15.9. The van der Waals surface area contributed by atoms with Gasteiger partial charge >= 0.3 is 0 Å². The molecule has 0 bridgehead atoms. The van der Waals surface area contributed by atoms with E-state index in [4.69, 9.17) is 0 Å². The van der Waals surface area contributed by atoms with Gasteiger partial charge < -0.3 is 4.90 Å². The number of nitrogens with zero attached hydrogens (tertiary/aromatic N) is 3. The molecule has 0 radical (unpaired) electrons. The summed E-state index contributed by atoms with van der Waals surface area (Å²) in [5, 5.41) is 1.97. The second kappa shape index (κ2) is 7.32. The summed E-state index contributed by atoms with van der Waals surface area (Å²) in [7, 11) is 0. The summed E-state index contributed by atoms with van der Waals surface area (Å²) in [6.07, 6.45) is 2.20. The fourth-order valence-corrected chi connectivity index (χ4v) is 3.95. The van der Waals surface area contributed by atoms with Gasteiger partial charge in [0, 0.05) is 35.1 Å². The Hall–Kier alpha value is -2.99. The zero-order valence-electron chi connectivity index (χ0n) is 14.8. The Kier molecular flexibility index (Phi) is 4.73. The van der Waals surface area contributed by atoms with Gasteiger partial charge in [0.1, 0.15) is 5.82 Å². The average molecular weight is 379 g/mol. The number of fused-ring (bicyclic) bond motifs is 1. The van der Waals surface area contributed by atoms with Crippen molar-refractivity contribution in [2.45, 2.75) is 13.3 Å². The van der Waals surface area contributed by atoms with Gasteiger partial charge in [-0.3, -0.25) is 9.20 Å². The van der Waals surface area contributed by atoms with Crippen LogP contribution in [-0.2, 0) is 11.2 Å². The minimum absolute atomic E-state index is 0.0421. The van der Waals surface area contributed by atoms with E-state index < -0.39 is 0 Å². The predicted molar refractivity (Wildman–Crippen MR) is 107 cm³/mol. The van der Waals surface area contributed by atoms with Crippen molar-refractivity contribution in [1.82, 2.24) is 9.38 Å². The van der Waals surface area contributed by atoms with Crippen molar-refractivity contribution in [2.75, 3.05) is 11.4 Å². The topological polar surface area (TPSA) is 37.6 Å². The molecule has 0 saturated carbocycles. The number of para-hydroxylation sites is 1. The number of benzene rings is 2. The molecule has 2 heterocycles. The van der Waals surface area contributed by atoms with Crippen molar-refractivity contribution < 1.29 is 9.18 Å². The van der Waals surface area contributed by atoms with Crippen LogP contribution in [0.4, 0.5) is 10.1 Å². The maximum atomic E-state index is 13.1. The number of halogens is 1. The molecule has 0 fully saturated rings. The highest BCUT2D eigenvalue weighted by atomic mass is 32.1. The van der Waals surface area contributed by atoms with Gasteiger partial charge in [-0.05, 0) is 43.3 Å².